The molecule has 0 amide bonds. The molecule has 0 saturated heterocycles. The van der Waals surface area contributed by atoms with Gasteiger partial charge in [-0.25, -0.2) is 4.98 Å². The molecular formula is C20H13N3OS. The number of hydrogen-bond acceptors (Lipinski definition) is 5. The Morgan fingerprint density at radius 3 is 2.68 bits per heavy atom. The molecule has 0 N–H and O–H groups in total. The highest BCUT2D eigenvalue weighted by Gasteiger charge is 2.16. The zero-order valence-electron chi connectivity index (χ0n) is 13.4. The van der Waals surface area contributed by atoms with Gasteiger partial charge < -0.3 is 4.74 Å². The van der Waals surface area contributed by atoms with Crippen LogP contribution in [0, 0.1) is 18.3 Å². The van der Waals surface area contributed by atoms with E-state index in [1.54, 1.807) is 29.5 Å². The van der Waals surface area contributed by atoms with Crippen LogP contribution in [0.2, 0.25) is 0 Å². The molecule has 0 bridgehead atoms. The fraction of sp³-hybridized carbons (Fsp3) is 0.0500. The minimum absolute atomic E-state index is 0.512. The van der Waals surface area contributed by atoms with Crippen LogP contribution in [0.3, 0.4) is 0 Å². The molecule has 0 aliphatic rings. The minimum Gasteiger partial charge on any atom is -0.438 e. The van der Waals surface area contributed by atoms with Crippen molar-refractivity contribution in [3.8, 4) is 28.8 Å². The van der Waals surface area contributed by atoms with Crippen LogP contribution in [-0.4, -0.2) is 9.97 Å². The van der Waals surface area contributed by atoms with Gasteiger partial charge in [0.1, 0.15) is 16.4 Å². The Balaban J connectivity index is 1.88. The molecule has 120 valence electrons. The van der Waals surface area contributed by atoms with Crippen LogP contribution in [0.4, 0.5) is 0 Å². The van der Waals surface area contributed by atoms with Crippen molar-refractivity contribution in [2.75, 3.05) is 0 Å². The quantitative estimate of drug-likeness (QED) is 0.504. The molecule has 0 fully saturated rings. The summed E-state index contributed by atoms with van der Waals surface area (Å²) in [5.74, 6) is 1.75. The van der Waals surface area contributed by atoms with Crippen molar-refractivity contribution < 1.29 is 4.74 Å². The lowest BCUT2D eigenvalue weighted by atomic mass is 10.1. The zero-order chi connectivity index (χ0) is 17.2. The van der Waals surface area contributed by atoms with Gasteiger partial charge in [-0.2, -0.15) is 10.2 Å². The van der Waals surface area contributed by atoms with Gasteiger partial charge >= 0.3 is 0 Å². The number of benzene rings is 2. The number of ether oxygens (including phenoxy) is 1. The van der Waals surface area contributed by atoms with E-state index in [1.165, 1.54) is 0 Å². The second kappa shape index (κ2) is 6.34. The monoisotopic (exact) mass is 343 g/mol. The highest BCUT2D eigenvalue weighted by molar-refractivity contribution is 7.17. The molecule has 25 heavy (non-hydrogen) atoms. The van der Waals surface area contributed by atoms with E-state index in [-0.39, 0.29) is 0 Å². The van der Waals surface area contributed by atoms with Gasteiger partial charge in [0.05, 0.1) is 17.0 Å². The molecule has 4 aromatic rings. The zero-order valence-corrected chi connectivity index (χ0v) is 14.2. The Morgan fingerprint density at radius 2 is 1.88 bits per heavy atom. The van der Waals surface area contributed by atoms with E-state index >= 15 is 0 Å². The molecular weight excluding hydrogens is 330 g/mol. The Bertz CT molecular complexity index is 1100. The van der Waals surface area contributed by atoms with Gasteiger partial charge in [-0.3, -0.25) is 0 Å². The summed E-state index contributed by atoms with van der Waals surface area (Å²) < 4.78 is 6.04. The van der Waals surface area contributed by atoms with Crippen LogP contribution in [0.1, 0.15) is 11.4 Å². The summed E-state index contributed by atoms with van der Waals surface area (Å²) in [5.41, 5.74) is 2.69. The summed E-state index contributed by atoms with van der Waals surface area (Å²) in [6.45, 7) is 1.85. The smallest absolute Gasteiger partial charge is 0.231 e. The number of aryl methyl sites for hydroxylation is 1. The van der Waals surface area contributed by atoms with Gasteiger partial charge in [-0.05, 0) is 30.7 Å². The number of thiophene rings is 1. The predicted octanol–water partition coefficient (Wildman–Crippen LogP) is 5.33. The molecule has 0 unspecified atom stereocenters. The number of fused-ring (bicyclic) bond motifs is 1. The first-order valence-electron chi connectivity index (χ1n) is 7.74. The number of hydrogen-bond donors (Lipinski definition) is 0. The first kappa shape index (κ1) is 15.3. The van der Waals surface area contributed by atoms with Crippen LogP contribution in [0.5, 0.6) is 11.6 Å². The van der Waals surface area contributed by atoms with E-state index in [0.29, 0.717) is 23.0 Å². The lowest BCUT2D eigenvalue weighted by Gasteiger charge is -2.09. The highest BCUT2D eigenvalue weighted by Crippen LogP contribution is 2.39. The standard InChI is InChI=1S/C20H13N3OS/c1-13-22-19(24-16-9-5-6-14(10-16)11-21)18-17(12-25-20(18)23-13)15-7-3-2-4-8-15/h2-10,12H,1H3. The normalized spacial score (nSPS) is 10.6. The molecule has 0 atom stereocenters. The summed E-state index contributed by atoms with van der Waals surface area (Å²) in [6.07, 6.45) is 0. The van der Waals surface area contributed by atoms with E-state index in [0.717, 1.165) is 21.3 Å². The molecule has 4 rings (SSSR count). The molecule has 4 nitrogen and oxygen atoms in total. The van der Waals surface area contributed by atoms with Crippen molar-refractivity contribution in [3.05, 3.63) is 71.4 Å². The maximum absolute atomic E-state index is 9.07. The van der Waals surface area contributed by atoms with Gasteiger partial charge in [-0.1, -0.05) is 36.4 Å². The second-order valence-electron chi connectivity index (χ2n) is 5.51. The topological polar surface area (TPSA) is 58.8 Å². The Hall–Kier alpha value is -3.23. The molecule has 0 radical (unpaired) electrons. The van der Waals surface area contributed by atoms with E-state index in [9.17, 15) is 0 Å². The molecule has 2 aromatic carbocycles. The average molecular weight is 343 g/mol. The van der Waals surface area contributed by atoms with E-state index in [1.807, 2.05) is 31.2 Å². The van der Waals surface area contributed by atoms with Gasteiger partial charge in [0, 0.05) is 10.9 Å². The summed E-state index contributed by atoms with van der Waals surface area (Å²) in [7, 11) is 0. The summed E-state index contributed by atoms with van der Waals surface area (Å²) in [5, 5.41) is 12.0. The first-order chi connectivity index (χ1) is 12.2. The van der Waals surface area contributed by atoms with E-state index < -0.39 is 0 Å². The molecule has 2 aromatic heterocycles. The van der Waals surface area contributed by atoms with Crippen molar-refractivity contribution in [1.29, 1.82) is 5.26 Å². The Morgan fingerprint density at radius 1 is 1.04 bits per heavy atom. The maximum atomic E-state index is 9.07. The van der Waals surface area contributed by atoms with Crippen molar-refractivity contribution in [2.45, 2.75) is 6.92 Å². The Labute approximate surface area is 149 Å². The molecule has 0 aliphatic carbocycles. The fourth-order valence-corrected chi connectivity index (χ4v) is 3.64. The molecule has 2 heterocycles. The number of aromatic nitrogens is 2. The second-order valence-corrected chi connectivity index (χ2v) is 6.37. The SMILES string of the molecule is Cc1nc(Oc2cccc(C#N)c2)c2c(-c3ccccc3)csc2n1. The number of nitrogens with zero attached hydrogens (tertiary/aromatic N) is 3. The molecule has 0 spiro atoms. The van der Waals surface area contributed by atoms with E-state index in [4.69, 9.17) is 10.00 Å². The third-order valence-electron chi connectivity index (χ3n) is 3.77. The van der Waals surface area contributed by atoms with Crippen molar-refractivity contribution >= 4 is 21.6 Å². The molecule has 5 heteroatoms. The van der Waals surface area contributed by atoms with Gasteiger partial charge in [0.15, 0.2) is 0 Å². The maximum Gasteiger partial charge on any atom is 0.231 e. The van der Waals surface area contributed by atoms with Crippen molar-refractivity contribution in [1.82, 2.24) is 9.97 Å². The number of nitriles is 1. The van der Waals surface area contributed by atoms with Crippen LogP contribution in [0.15, 0.2) is 60.0 Å². The van der Waals surface area contributed by atoms with Gasteiger partial charge in [0.25, 0.3) is 0 Å². The number of rotatable bonds is 3. The highest BCUT2D eigenvalue weighted by atomic mass is 32.1. The van der Waals surface area contributed by atoms with Gasteiger partial charge in [0.2, 0.25) is 5.88 Å². The fourth-order valence-electron chi connectivity index (χ4n) is 2.66. The third kappa shape index (κ3) is 2.95. The first-order valence-corrected chi connectivity index (χ1v) is 8.62. The molecule has 0 aliphatic heterocycles. The molecule has 0 saturated carbocycles. The van der Waals surface area contributed by atoms with E-state index in [2.05, 4.69) is 33.5 Å². The average Bonchev–Trinajstić information content (AvgIpc) is 3.06. The lowest BCUT2D eigenvalue weighted by Crippen LogP contribution is -1.94. The van der Waals surface area contributed by atoms with Crippen LogP contribution in [-0.2, 0) is 0 Å². The minimum atomic E-state index is 0.512. The van der Waals surface area contributed by atoms with Gasteiger partial charge in [-0.15, -0.1) is 11.3 Å². The van der Waals surface area contributed by atoms with Crippen LogP contribution in [0.25, 0.3) is 21.3 Å². The predicted molar refractivity (Wildman–Crippen MR) is 98.8 cm³/mol. The lowest BCUT2D eigenvalue weighted by molar-refractivity contribution is 0.467. The van der Waals surface area contributed by atoms with Crippen LogP contribution >= 0.6 is 11.3 Å². The largest absolute Gasteiger partial charge is 0.438 e. The van der Waals surface area contributed by atoms with Crippen molar-refractivity contribution in [3.63, 3.8) is 0 Å². The third-order valence-corrected chi connectivity index (χ3v) is 4.65. The summed E-state index contributed by atoms with van der Waals surface area (Å²) in [6, 6.07) is 19.3. The Kier molecular flexibility index (Phi) is 3.88. The van der Waals surface area contributed by atoms with Crippen LogP contribution < -0.4 is 4.74 Å². The summed E-state index contributed by atoms with van der Waals surface area (Å²) in [4.78, 5) is 9.92. The van der Waals surface area contributed by atoms with Crippen molar-refractivity contribution in [2.24, 2.45) is 0 Å². The summed E-state index contributed by atoms with van der Waals surface area (Å²) >= 11 is 1.57.